The number of benzene rings is 2. The molecule has 0 saturated heterocycles. The minimum absolute atomic E-state index is 0.491. The summed E-state index contributed by atoms with van der Waals surface area (Å²) in [5.74, 6) is 2.96. The fraction of sp³-hybridized carbons (Fsp3) is 0.250. The van der Waals surface area contributed by atoms with Crippen LogP contribution in [0.5, 0.6) is 23.0 Å². The minimum Gasteiger partial charge on any atom is -0.497 e. The number of hydrogen-bond acceptors (Lipinski definition) is 5. The van der Waals surface area contributed by atoms with E-state index in [-0.39, 0.29) is 0 Å². The molecule has 0 radical (unpaired) electrons. The number of methoxy groups -OCH3 is 2. The summed E-state index contributed by atoms with van der Waals surface area (Å²) in [4.78, 5) is 0. The van der Waals surface area contributed by atoms with Gasteiger partial charge in [0.1, 0.15) is 23.0 Å². The maximum Gasteiger partial charge on any atom is 0.234 e. The van der Waals surface area contributed by atoms with Gasteiger partial charge in [-0.15, -0.1) is 0 Å². The van der Waals surface area contributed by atoms with Crippen LogP contribution in [-0.2, 0) is 4.74 Å². The van der Waals surface area contributed by atoms with Crippen molar-refractivity contribution in [3.05, 3.63) is 47.5 Å². The Bertz CT molecular complexity index is 638. The Labute approximate surface area is 122 Å². The molecule has 2 aromatic carbocycles. The van der Waals surface area contributed by atoms with Gasteiger partial charge in [0.25, 0.3) is 0 Å². The lowest BCUT2D eigenvalue weighted by Crippen LogP contribution is -2.30. The van der Waals surface area contributed by atoms with E-state index in [9.17, 15) is 0 Å². The van der Waals surface area contributed by atoms with E-state index >= 15 is 0 Å². The number of ether oxygens (including phenoxy) is 5. The Morgan fingerprint density at radius 2 is 1.24 bits per heavy atom. The highest BCUT2D eigenvalue weighted by molar-refractivity contribution is 5.48. The number of hydrogen-bond donors (Lipinski definition) is 0. The van der Waals surface area contributed by atoms with E-state index in [2.05, 4.69) is 0 Å². The molecule has 0 unspecified atom stereocenters. The van der Waals surface area contributed by atoms with Gasteiger partial charge in [-0.2, -0.15) is 0 Å². The van der Waals surface area contributed by atoms with Gasteiger partial charge in [0.15, 0.2) is 0 Å². The van der Waals surface area contributed by atoms with Crippen molar-refractivity contribution in [2.45, 2.75) is 12.6 Å². The molecule has 0 spiro atoms. The highest BCUT2D eigenvalue weighted by Gasteiger charge is 2.38. The summed E-state index contributed by atoms with van der Waals surface area (Å²) >= 11 is 0. The van der Waals surface area contributed by atoms with Gasteiger partial charge in [0, 0.05) is 0 Å². The van der Waals surface area contributed by atoms with E-state index in [1.165, 1.54) is 0 Å². The second-order valence-electron chi connectivity index (χ2n) is 4.84. The van der Waals surface area contributed by atoms with E-state index in [1.54, 1.807) is 14.2 Å². The van der Waals surface area contributed by atoms with Gasteiger partial charge in [-0.3, -0.25) is 4.74 Å². The van der Waals surface area contributed by atoms with Crippen LogP contribution in [0.2, 0.25) is 0 Å². The van der Waals surface area contributed by atoms with Crippen molar-refractivity contribution >= 4 is 0 Å². The Hall–Kier alpha value is -2.40. The Morgan fingerprint density at radius 3 is 1.67 bits per heavy atom. The predicted molar refractivity (Wildman–Crippen MR) is 73.8 cm³/mol. The lowest BCUT2D eigenvalue weighted by atomic mass is 10.1. The SMILES string of the molecule is COc1ccc2c(c1)[C@@H]1Oc3ccc(OC)cc3[C@H](O2)O1. The van der Waals surface area contributed by atoms with Crippen molar-refractivity contribution in [3.63, 3.8) is 0 Å². The normalized spacial score (nSPS) is 21.4. The summed E-state index contributed by atoms with van der Waals surface area (Å²) in [6.07, 6.45) is -0.982. The van der Waals surface area contributed by atoms with Crippen molar-refractivity contribution in [2.24, 2.45) is 0 Å². The average Bonchev–Trinajstić information content (AvgIpc) is 2.54. The fourth-order valence-corrected chi connectivity index (χ4v) is 2.56. The zero-order valence-corrected chi connectivity index (χ0v) is 11.7. The molecular formula is C16H14O5. The van der Waals surface area contributed by atoms with E-state index in [0.717, 1.165) is 34.1 Å². The van der Waals surface area contributed by atoms with Crippen molar-refractivity contribution < 1.29 is 23.7 Å². The largest absolute Gasteiger partial charge is 0.497 e. The molecule has 2 heterocycles. The fourth-order valence-electron chi connectivity index (χ4n) is 2.56. The molecular weight excluding hydrogens is 272 g/mol. The van der Waals surface area contributed by atoms with E-state index in [4.69, 9.17) is 23.7 Å². The van der Waals surface area contributed by atoms with Gasteiger partial charge >= 0.3 is 0 Å². The van der Waals surface area contributed by atoms with Crippen LogP contribution in [0.15, 0.2) is 36.4 Å². The highest BCUT2D eigenvalue weighted by atomic mass is 16.8. The third-order valence-electron chi connectivity index (χ3n) is 3.66. The van der Waals surface area contributed by atoms with Gasteiger partial charge in [-0.05, 0) is 36.4 Å². The minimum atomic E-state index is -0.491. The molecule has 2 bridgehead atoms. The molecule has 21 heavy (non-hydrogen) atoms. The summed E-state index contributed by atoms with van der Waals surface area (Å²) in [6.45, 7) is 0. The van der Waals surface area contributed by atoms with E-state index in [1.807, 2.05) is 36.4 Å². The third-order valence-corrected chi connectivity index (χ3v) is 3.66. The van der Waals surface area contributed by atoms with Crippen LogP contribution in [-0.4, -0.2) is 14.2 Å². The molecule has 2 aliphatic heterocycles. The first kappa shape index (κ1) is 12.3. The lowest BCUT2D eigenvalue weighted by molar-refractivity contribution is -0.227. The molecule has 2 aromatic rings. The summed E-state index contributed by atoms with van der Waals surface area (Å²) < 4.78 is 28.1. The number of fused-ring (bicyclic) bond motifs is 6. The zero-order valence-electron chi connectivity index (χ0n) is 11.7. The summed E-state index contributed by atoms with van der Waals surface area (Å²) in [6, 6.07) is 11.2. The summed E-state index contributed by atoms with van der Waals surface area (Å²) in [5.41, 5.74) is 1.65. The second kappa shape index (κ2) is 4.56. The topological polar surface area (TPSA) is 46.2 Å². The molecule has 0 N–H and O–H groups in total. The third kappa shape index (κ3) is 1.89. The molecule has 0 fully saturated rings. The summed E-state index contributed by atoms with van der Waals surface area (Å²) in [5, 5.41) is 0. The molecule has 5 heteroatoms. The number of rotatable bonds is 2. The average molecular weight is 286 g/mol. The molecule has 0 aliphatic carbocycles. The Morgan fingerprint density at radius 1 is 0.762 bits per heavy atom. The van der Waals surface area contributed by atoms with Crippen molar-refractivity contribution in [1.82, 2.24) is 0 Å². The van der Waals surface area contributed by atoms with Gasteiger partial charge < -0.3 is 18.9 Å². The van der Waals surface area contributed by atoms with Crippen molar-refractivity contribution in [1.29, 1.82) is 0 Å². The van der Waals surface area contributed by atoms with Gasteiger partial charge in [-0.25, -0.2) is 0 Å². The first-order valence-electron chi connectivity index (χ1n) is 6.63. The van der Waals surface area contributed by atoms with Crippen LogP contribution in [0, 0.1) is 0 Å². The molecule has 108 valence electrons. The molecule has 4 rings (SSSR count). The first-order chi connectivity index (χ1) is 10.3. The smallest absolute Gasteiger partial charge is 0.234 e. The molecule has 2 aliphatic rings. The Balaban J connectivity index is 1.77. The highest BCUT2D eigenvalue weighted by Crippen LogP contribution is 2.48. The Kier molecular flexibility index (Phi) is 2.68. The lowest BCUT2D eigenvalue weighted by Gasteiger charge is -2.37. The molecule has 2 atom stereocenters. The maximum absolute atomic E-state index is 5.91. The van der Waals surface area contributed by atoms with Gasteiger partial charge in [0.2, 0.25) is 12.6 Å². The quantitative estimate of drug-likeness (QED) is 0.848. The van der Waals surface area contributed by atoms with Gasteiger partial charge in [-0.1, -0.05) is 0 Å². The van der Waals surface area contributed by atoms with Crippen molar-refractivity contribution in [2.75, 3.05) is 14.2 Å². The first-order valence-corrected chi connectivity index (χ1v) is 6.63. The van der Waals surface area contributed by atoms with E-state index < -0.39 is 12.6 Å². The molecule has 0 amide bonds. The molecule has 0 saturated carbocycles. The van der Waals surface area contributed by atoms with Crippen LogP contribution >= 0.6 is 0 Å². The van der Waals surface area contributed by atoms with Gasteiger partial charge in [0.05, 0.1) is 25.3 Å². The van der Waals surface area contributed by atoms with Crippen molar-refractivity contribution in [3.8, 4) is 23.0 Å². The second-order valence-corrected chi connectivity index (χ2v) is 4.84. The molecule has 5 nitrogen and oxygen atoms in total. The van der Waals surface area contributed by atoms with Crippen LogP contribution in [0.1, 0.15) is 23.7 Å². The van der Waals surface area contributed by atoms with E-state index in [0.29, 0.717) is 0 Å². The van der Waals surface area contributed by atoms with Crippen LogP contribution in [0.25, 0.3) is 0 Å². The van der Waals surface area contributed by atoms with Crippen LogP contribution in [0.3, 0.4) is 0 Å². The van der Waals surface area contributed by atoms with Crippen LogP contribution < -0.4 is 18.9 Å². The monoisotopic (exact) mass is 286 g/mol. The summed E-state index contributed by atoms with van der Waals surface area (Å²) in [7, 11) is 3.25. The van der Waals surface area contributed by atoms with Crippen LogP contribution in [0.4, 0.5) is 0 Å². The predicted octanol–water partition coefficient (Wildman–Crippen LogP) is 3.20. The molecule has 0 aromatic heterocycles. The standard InChI is InChI=1S/C16H14O5/c1-17-9-3-5-13-11(7-9)15-20-14-6-4-10(18-2)8-12(14)16(19-13)21-15/h3-8,15-16H,1-2H3/t15-,16-/m1/s1. The zero-order chi connectivity index (χ0) is 14.4. The maximum atomic E-state index is 5.91.